The number of phenolic OH excluding ortho intramolecular Hbond substituents is 1. The van der Waals surface area contributed by atoms with Crippen LogP contribution in [-0.4, -0.2) is 13.9 Å². The van der Waals surface area contributed by atoms with Crippen molar-refractivity contribution in [3.63, 3.8) is 0 Å². The van der Waals surface area contributed by atoms with Crippen molar-refractivity contribution >= 4 is 17.2 Å². The van der Waals surface area contributed by atoms with Crippen molar-refractivity contribution in [2.75, 3.05) is 0 Å². The van der Waals surface area contributed by atoms with Crippen LogP contribution in [0.25, 0.3) is 6.08 Å². The van der Waals surface area contributed by atoms with E-state index in [2.05, 4.69) is 0 Å². The molecule has 98 valence electrons. The molecule has 0 heterocycles. The van der Waals surface area contributed by atoms with E-state index < -0.39 is 16.3 Å². The molecule has 3 nitrogen and oxygen atoms in total. The van der Waals surface area contributed by atoms with Crippen molar-refractivity contribution in [2.45, 2.75) is 5.25 Å². The summed E-state index contributed by atoms with van der Waals surface area (Å²) in [5.41, 5.74) is 1.56. The fourth-order valence-electron chi connectivity index (χ4n) is 1.76. The summed E-state index contributed by atoms with van der Waals surface area (Å²) >= 11 is -2.03. The summed E-state index contributed by atoms with van der Waals surface area (Å²) in [5, 5.41) is 8.76. The Balaban J connectivity index is 2.27. The first kappa shape index (κ1) is 13.5. The lowest BCUT2D eigenvalue weighted by Gasteiger charge is -2.09. The second kappa shape index (κ2) is 6.31. The van der Waals surface area contributed by atoms with Gasteiger partial charge >= 0.3 is 0 Å². The maximum atomic E-state index is 11.4. The molecule has 0 aliphatic carbocycles. The Morgan fingerprint density at radius 3 is 2.42 bits per heavy atom. The highest BCUT2D eigenvalue weighted by atomic mass is 32.2. The first-order valence-corrected chi connectivity index (χ1v) is 6.95. The van der Waals surface area contributed by atoms with Gasteiger partial charge in [0.1, 0.15) is 11.0 Å². The quantitative estimate of drug-likeness (QED) is 0.840. The Bertz CT molecular complexity index is 593. The molecule has 2 aromatic rings. The van der Waals surface area contributed by atoms with Gasteiger partial charge < -0.3 is 9.66 Å². The second-order valence-electron chi connectivity index (χ2n) is 4.06. The topological polar surface area (TPSA) is 57.5 Å². The van der Waals surface area contributed by atoms with Crippen LogP contribution in [0.3, 0.4) is 0 Å². The molecule has 4 heteroatoms. The predicted molar refractivity (Wildman–Crippen MR) is 77.1 cm³/mol. The van der Waals surface area contributed by atoms with Crippen LogP contribution >= 0.6 is 0 Å². The van der Waals surface area contributed by atoms with E-state index in [1.54, 1.807) is 24.3 Å². The van der Waals surface area contributed by atoms with Crippen molar-refractivity contribution in [1.29, 1.82) is 0 Å². The van der Waals surface area contributed by atoms with Crippen LogP contribution in [0.5, 0.6) is 5.75 Å². The summed E-state index contributed by atoms with van der Waals surface area (Å²) in [6, 6.07) is 15.9. The van der Waals surface area contributed by atoms with Crippen LogP contribution in [0, 0.1) is 0 Å². The lowest BCUT2D eigenvalue weighted by molar-refractivity contribution is 0.474. The fraction of sp³-hybridized carbons (Fsp3) is 0.0667. The van der Waals surface area contributed by atoms with Gasteiger partial charge in [0.2, 0.25) is 0 Å². The van der Waals surface area contributed by atoms with Gasteiger partial charge in [-0.1, -0.05) is 54.6 Å². The van der Waals surface area contributed by atoms with Gasteiger partial charge in [-0.15, -0.1) is 0 Å². The third-order valence-corrected chi connectivity index (χ3v) is 3.54. The van der Waals surface area contributed by atoms with Gasteiger partial charge in [0.25, 0.3) is 0 Å². The third kappa shape index (κ3) is 3.77. The largest absolute Gasteiger partial charge is 0.508 e. The standard InChI is InChI=1S/C15H14O3S/c16-14-8-4-7-13(11-14)15(19(17)18)10-9-12-5-2-1-3-6-12/h1-11,15-16H,(H,17,18). The van der Waals surface area contributed by atoms with Crippen LogP contribution in [0.15, 0.2) is 60.7 Å². The molecule has 0 amide bonds. The molecule has 0 aromatic heterocycles. The Morgan fingerprint density at radius 2 is 1.79 bits per heavy atom. The number of aromatic hydroxyl groups is 1. The van der Waals surface area contributed by atoms with Gasteiger partial charge in [0.15, 0.2) is 11.1 Å². The highest BCUT2D eigenvalue weighted by molar-refractivity contribution is 7.79. The van der Waals surface area contributed by atoms with Crippen LogP contribution in [0.4, 0.5) is 0 Å². The SMILES string of the molecule is O=S(O)C(C=Cc1ccccc1)c1cccc(O)c1. The minimum atomic E-state index is -2.03. The van der Waals surface area contributed by atoms with E-state index in [9.17, 15) is 13.9 Å². The zero-order valence-corrected chi connectivity index (χ0v) is 11.0. The molecule has 0 saturated heterocycles. The average molecular weight is 274 g/mol. The van der Waals surface area contributed by atoms with E-state index in [1.807, 2.05) is 30.3 Å². The lowest BCUT2D eigenvalue weighted by Crippen LogP contribution is -2.02. The third-order valence-electron chi connectivity index (χ3n) is 2.68. The highest BCUT2D eigenvalue weighted by Crippen LogP contribution is 2.24. The van der Waals surface area contributed by atoms with Crippen LogP contribution < -0.4 is 0 Å². The zero-order valence-electron chi connectivity index (χ0n) is 10.1. The molecule has 2 N–H and O–H groups in total. The predicted octanol–water partition coefficient (Wildman–Crippen LogP) is 3.37. The molecule has 0 aliphatic rings. The summed E-state index contributed by atoms with van der Waals surface area (Å²) in [4.78, 5) is 0. The Hall–Kier alpha value is -1.91. The van der Waals surface area contributed by atoms with E-state index in [4.69, 9.17) is 0 Å². The lowest BCUT2D eigenvalue weighted by atomic mass is 10.1. The molecule has 2 rings (SSSR count). The molecule has 19 heavy (non-hydrogen) atoms. The Kier molecular flexibility index (Phi) is 4.49. The average Bonchev–Trinajstić information content (AvgIpc) is 2.40. The molecule has 0 radical (unpaired) electrons. The normalized spacial score (nSPS) is 14.4. The van der Waals surface area contributed by atoms with E-state index in [1.165, 1.54) is 12.1 Å². The molecule has 0 bridgehead atoms. The molecule has 2 atom stereocenters. The molecule has 0 aliphatic heterocycles. The zero-order chi connectivity index (χ0) is 13.7. The first-order valence-electron chi connectivity index (χ1n) is 5.78. The van der Waals surface area contributed by atoms with Crippen molar-refractivity contribution in [3.8, 4) is 5.75 Å². The minimum absolute atomic E-state index is 0.0843. The molecule has 2 unspecified atom stereocenters. The van der Waals surface area contributed by atoms with Gasteiger partial charge in [-0.05, 0) is 23.3 Å². The molecular formula is C15H14O3S. The van der Waals surface area contributed by atoms with Crippen molar-refractivity contribution in [1.82, 2.24) is 0 Å². The van der Waals surface area contributed by atoms with Gasteiger partial charge in [0, 0.05) is 0 Å². The van der Waals surface area contributed by atoms with Crippen LogP contribution in [0.2, 0.25) is 0 Å². The van der Waals surface area contributed by atoms with E-state index >= 15 is 0 Å². The maximum Gasteiger partial charge on any atom is 0.164 e. The Morgan fingerprint density at radius 1 is 1.05 bits per heavy atom. The van der Waals surface area contributed by atoms with Gasteiger partial charge in [-0.3, -0.25) is 0 Å². The summed E-state index contributed by atoms with van der Waals surface area (Å²) in [7, 11) is 0. The second-order valence-corrected chi connectivity index (χ2v) is 5.12. The first-order chi connectivity index (χ1) is 9.16. The van der Waals surface area contributed by atoms with Gasteiger partial charge in [-0.25, -0.2) is 4.21 Å². The highest BCUT2D eigenvalue weighted by Gasteiger charge is 2.14. The summed E-state index contributed by atoms with van der Waals surface area (Å²) in [6.07, 6.45) is 3.46. The van der Waals surface area contributed by atoms with Gasteiger partial charge in [-0.2, -0.15) is 0 Å². The maximum absolute atomic E-state index is 11.4. The molecular weight excluding hydrogens is 260 g/mol. The van der Waals surface area contributed by atoms with Crippen molar-refractivity contribution in [2.24, 2.45) is 0 Å². The Labute approximate surface area is 114 Å². The number of rotatable bonds is 4. The number of phenols is 1. The number of benzene rings is 2. The number of hydrogen-bond donors (Lipinski definition) is 2. The summed E-state index contributed by atoms with van der Waals surface area (Å²) in [5.74, 6) is 0.0843. The molecule has 0 saturated carbocycles. The van der Waals surface area contributed by atoms with Crippen LogP contribution in [-0.2, 0) is 11.1 Å². The van der Waals surface area contributed by atoms with Crippen molar-refractivity contribution in [3.05, 3.63) is 71.8 Å². The van der Waals surface area contributed by atoms with Crippen molar-refractivity contribution < 1.29 is 13.9 Å². The van der Waals surface area contributed by atoms with E-state index in [-0.39, 0.29) is 5.75 Å². The summed E-state index contributed by atoms with van der Waals surface area (Å²) < 4.78 is 20.8. The van der Waals surface area contributed by atoms with Crippen LogP contribution in [0.1, 0.15) is 16.4 Å². The smallest absolute Gasteiger partial charge is 0.164 e. The molecule has 0 fully saturated rings. The molecule has 0 spiro atoms. The summed E-state index contributed by atoms with van der Waals surface area (Å²) in [6.45, 7) is 0. The molecule has 2 aromatic carbocycles. The number of hydrogen-bond acceptors (Lipinski definition) is 2. The fourth-order valence-corrected chi connectivity index (χ4v) is 2.35. The monoisotopic (exact) mass is 274 g/mol. The van der Waals surface area contributed by atoms with E-state index in [0.717, 1.165) is 5.56 Å². The van der Waals surface area contributed by atoms with Gasteiger partial charge in [0.05, 0.1) is 0 Å². The minimum Gasteiger partial charge on any atom is -0.508 e. The van der Waals surface area contributed by atoms with E-state index in [0.29, 0.717) is 5.56 Å².